The van der Waals surface area contributed by atoms with Crippen LogP contribution in [0.3, 0.4) is 0 Å². The summed E-state index contributed by atoms with van der Waals surface area (Å²) in [6, 6.07) is 0.597. The van der Waals surface area contributed by atoms with E-state index in [-0.39, 0.29) is 0 Å². The summed E-state index contributed by atoms with van der Waals surface area (Å²) >= 11 is 0. The molecule has 90 valence electrons. The van der Waals surface area contributed by atoms with E-state index in [1.54, 1.807) is 0 Å². The molecule has 0 aliphatic carbocycles. The maximum Gasteiger partial charge on any atom is 0.0594 e. The maximum absolute atomic E-state index is 5.69. The molecule has 0 aromatic carbocycles. The monoisotopic (exact) mass is 215 g/mol. The van der Waals surface area contributed by atoms with E-state index < -0.39 is 0 Å². The Kier molecular flexibility index (Phi) is 5.58. The van der Waals surface area contributed by atoms with E-state index >= 15 is 0 Å². The van der Waals surface area contributed by atoms with Crippen LogP contribution in [0.4, 0.5) is 0 Å². The number of ether oxygens (including phenoxy) is 2. The van der Waals surface area contributed by atoms with Crippen molar-refractivity contribution in [2.24, 2.45) is 0 Å². The first-order chi connectivity index (χ1) is 7.08. The molecule has 1 rings (SSSR count). The van der Waals surface area contributed by atoms with Crippen LogP contribution in [0, 0.1) is 0 Å². The van der Waals surface area contributed by atoms with Crippen molar-refractivity contribution in [2.45, 2.75) is 64.9 Å². The summed E-state index contributed by atoms with van der Waals surface area (Å²) in [6.07, 6.45) is 3.34. The Morgan fingerprint density at radius 3 is 2.40 bits per heavy atom. The fourth-order valence-corrected chi connectivity index (χ4v) is 2.13. The van der Waals surface area contributed by atoms with Gasteiger partial charge in [0.05, 0.1) is 24.9 Å². The van der Waals surface area contributed by atoms with E-state index in [0.29, 0.717) is 24.4 Å². The molecule has 15 heavy (non-hydrogen) atoms. The van der Waals surface area contributed by atoms with Crippen LogP contribution >= 0.6 is 0 Å². The summed E-state index contributed by atoms with van der Waals surface area (Å²) < 4.78 is 11.2. The second-order valence-electron chi connectivity index (χ2n) is 4.80. The molecule has 1 fully saturated rings. The third-order valence-corrected chi connectivity index (χ3v) is 2.68. The smallest absolute Gasteiger partial charge is 0.0594 e. The van der Waals surface area contributed by atoms with Gasteiger partial charge in [-0.3, -0.25) is 0 Å². The number of hydrogen-bond donors (Lipinski definition) is 1. The van der Waals surface area contributed by atoms with Gasteiger partial charge in [-0.25, -0.2) is 0 Å². The molecule has 1 aliphatic rings. The van der Waals surface area contributed by atoms with Crippen molar-refractivity contribution in [1.29, 1.82) is 0 Å². The van der Waals surface area contributed by atoms with Gasteiger partial charge in [0.15, 0.2) is 0 Å². The fourth-order valence-electron chi connectivity index (χ4n) is 2.13. The van der Waals surface area contributed by atoms with E-state index in [1.165, 1.54) is 0 Å². The zero-order chi connectivity index (χ0) is 11.3. The van der Waals surface area contributed by atoms with Gasteiger partial charge in [0.25, 0.3) is 0 Å². The van der Waals surface area contributed by atoms with E-state index in [1.807, 2.05) is 0 Å². The van der Waals surface area contributed by atoms with Crippen LogP contribution < -0.4 is 5.32 Å². The highest BCUT2D eigenvalue weighted by atomic mass is 16.5. The zero-order valence-electron chi connectivity index (χ0n) is 10.5. The molecule has 0 radical (unpaired) electrons. The third kappa shape index (κ3) is 5.50. The predicted molar refractivity (Wildman–Crippen MR) is 62.1 cm³/mol. The highest BCUT2D eigenvalue weighted by Crippen LogP contribution is 2.18. The standard InChI is InChI=1S/C12H25NO2/c1-9(2)14-6-5-13-12-7-10(3)15-11(4)8-12/h9-13H,5-8H2,1-4H3. The average Bonchev–Trinajstić information content (AvgIpc) is 2.10. The van der Waals surface area contributed by atoms with Gasteiger partial charge >= 0.3 is 0 Å². The Labute approximate surface area is 93.5 Å². The number of nitrogens with one attached hydrogen (secondary N) is 1. The maximum atomic E-state index is 5.69. The minimum atomic E-state index is 0.333. The Morgan fingerprint density at radius 2 is 1.87 bits per heavy atom. The Morgan fingerprint density at radius 1 is 1.27 bits per heavy atom. The van der Waals surface area contributed by atoms with E-state index in [0.717, 1.165) is 26.0 Å². The summed E-state index contributed by atoms with van der Waals surface area (Å²) in [7, 11) is 0. The van der Waals surface area contributed by atoms with Gasteiger partial charge in [-0.2, -0.15) is 0 Å². The van der Waals surface area contributed by atoms with Crippen molar-refractivity contribution in [3.05, 3.63) is 0 Å². The summed E-state index contributed by atoms with van der Waals surface area (Å²) in [4.78, 5) is 0. The molecule has 0 amide bonds. The van der Waals surface area contributed by atoms with Crippen LogP contribution in [-0.2, 0) is 9.47 Å². The minimum absolute atomic E-state index is 0.333. The number of hydrogen-bond acceptors (Lipinski definition) is 3. The van der Waals surface area contributed by atoms with E-state index in [2.05, 4.69) is 33.0 Å². The van der Waals surface area contributed by atoms with Gasteiger partial charge < -0.3 is 14.8 Å². The lowest BCUT2D eigenvalue weighted by atomic mass is 10.00. The van der Waals surface area contributed by atoms with Crippen LogP contribution in [0.15, 0.2) is 0 Å². The molecule has 0 saturated carbocycles. The summed E-state index contributed by atoms with van der Waals surface area (Å²) in [5.74, 6) is 0. The van der Waals surface area contributed by atoms with Gasteiger partial charge in [0.1, 0.15) is 0 Å². The van der Waals surface area contributed by atoms with Crippen molar-refractivity contribution in [3.8, 4) is 0 Å². The van der Waals surface area contributed by atoms with Gasteiger partial charge in [0.2, 0.25) is 0 Å². The summed E-state index contributed by atoms with van der Waals surface area (Å²) in [5.41, 5.74) is 0. The molecule has 3 nitrogen and oxygen atoms in total. The van der Waals surface area contributed by atoms with Crippen LogP contribution in [0.5, 0.6) is 0 Å². The lowest BCUT2D eigenvalue weighted by Gasteiger charge is -2.32. The molecule has 2 unspecified atom stereocenters. The molecule has 3 heteroatoms. The van der Waals surface area contributed by atoms with Gasteiger partial charge in [-0.05, 0) is 40.5 Å². The lowest BCUT2D eigenvalue weighted by molar-refractivity contribution is -0.0432. The number of rotatable bonds is 5. The molecular weight excluding hydrogens is 190 g/mol. The summed E-state index contributed by atoms with van der Waals surface area (Å²) in [6.45, 7) is 10.2. The van der Waals surface area contributed by atoms with Crippen molar-refractivity contribution in [2.75, 3.05) is 13.2 Å². The van der Waals surface area contributed by atoms with Crippen molar-refractivity contribution in [3.63, 3.8) is 0 Å². The average molecular weight is 215 g/mol. The van der Waals surface area contributed by atoms with Crippen LogP contribution in [-0.4, -0.2) is 37.5 Å². The molecule has 1 N–H and O–H groups in total. The van der Waals surface area contributed by atoms with Crippen LogP contribution in [0.2, 0.25) is 0 Å². The third-order valence-electron chi connectivity index (χ3n) is 2.68. The molecule has 2 atom stereocenters. The molecule has 1 aliphatic heterocycles. The van der Waals surface area contributed by atoms with Crippen LogP contribution in [0.25, 0.3) is 0 Å². The highest BCUT2D eigenvalue weighted by molar-refractivity contribution is 4.78. The lowest BCUT2D eigenvalue weighted by Crippen LogP contribution is -2.42. The van der Waals surface area contributed by atoms with Gasteiger partial charge in [0, 0.05) is 12.6 Å². The molecule has 0 aromatic heterocycles. The molecular formula is C12H25NO2. The largest absolute Gasteiger partial charge is 0.377 e. The highest BCUT2D eigenvalue weighted by Gasteiger charge is 2.23. The Hall–Kier alpha value is -0.120. The van der Waals surface area contributed by atoms with Gasteiger partial charge in [-0.15, -0.1) is 0 Å². The molecule has 0 spiro atoms. The Balaban J connectivity index is 2.10. The Bertz CT molecular complexity index is 163. The molecule has 1 heterocycles. The second kappa shape index (κ2) is 6.46. The quantitative estimate of drug-likeness (QED) is 0.711. The first-order valence-electron chi connectivity index (χ1n) is 6.08. The van der Waals surface area contributed by atoms with Crippen LogP contribution in [0.1, 0.15) is 40.5 Å². The minimum Gasteiger partial charge on any atom is -0.377 e. The van der Waals surface area contributed by atoms with Crippen molar-refractivity contribution >= 4 is 0 Å². The fraction of sp³-hybridized carbons (Fsp3) is 1.00. The summed E-state index contributed by atoms with van der Waals surface area (Å²) in [5, 5.41) is 3.53. The van der Waals surface area contributed by atoms with Gasteiger partial charge in [-0.1, -0.05) is 0 Å². The zero-order valence-corrected chi connectivity index (χ0v) is 10.5. The second-order valence-corrected chi connectivity index (χ2v) is 4.80. The van der Waals surface area contributed by atoms with Crippen molar-refractivity contribution < 1.29 is 9.47 Å². The predicted octanol–water partition coefficient (Wildman–Crippen LogP) is 1.96. The van der Waals surface area contributed by atoms with Crippen molar-refractivity contribution in [1.82, 2.24) is 5.32 Å². The topological polar surface area (TPSA) is 30.5 Å². The first kappa shape index (κ1) is 12.9. The molecule has 1 saturated heterocycles. The molecule has 0 bridgehead atoms. The van der Waals surface area contributed by atoms with E-state index in [9.17, 15) is 0 Å². The van der Waals surface area contributed by atoms with E-state index in [4.69, 9.17) is 9.47 Å². The first-order valence-corrected chi connectivity index (χ1v) is 6.08. The molecule has 0 aromatic rings. The normalized spacial score (nSPS) is 32.2. The SMILES string of the molecule is CC(C)OCCNC1CC(C)OC(C)C1.